The Morgan fingerprint density at radius 3 is 3.00 bits per heavy atom. The van der Waals surface area contributed by atoms with E-state index < -0.39 is 0 Å². The van der Waals surface area contributed by atoms with E-state index in [9.17, 15) is 4.79 Å². The van der Waals surface area contributed by atoms with Crippen molar-refractivity contribution in [3.05, 3.63) is 0 Å². The van der Waals surface area contributed by atoms with Crippen LogP contribution in [0.5, 0.6) is 0 Å². The van der Waals surface area contributed by atoms with Crippen molar-refractivity contribution in [2.75, 3.05) is 20.3 Å². The maximum absolute atomic E-state index is 10.9. The number of nitrogens with one attached hydrogen (secondary N) is 1. The second kappa shape index (κ2) is 3.69. The van der Waals surface area contributed by atoms with Crippen LogP contribution in [0.1, 0.15) is 6.42 Å². The number of esters is 1. The molecule has 64 valence electrons. The third-order valence-electron chi connectivity index (χ3n) is 1.98. The quantitative estimate of drug-likeness (QED) is 0.514. The second-order valence-electron chi connectivity index (χ2n) is 2.74. The first kappa shape index (κ1) is 8.49. The van der Waals surface area contributed by atoms with Gasteiger partial charge < -0.3 is 15.2 Å². The van der Waals surface area contributed by atoms with Crippen LogP contribution in [0.25, 0.3) is 0 Å². The summed E-state index contributed by atoms with van der Waals surface area (Å²) in [6.45, 7) is 0.714. The average Bonchev–Trinajstić information content (AvgIpc) is 2.50. The smallest absolute Gasteiger partial charge is 0.310 e. The van der Waals surface area contributed by atoms with Crippen molar-refractivity contribution in [2.45, 2.75) is 12.5 Å². The Labute approximate surface area is 65.5 Å². The van der Waals surface area contributed by atoms with Crippen LogP contribution in [-0.4, -0.2) is 37.4 Å². The summed E-state index contributed by atoms with van der Waals surface area (Å²) in [6, 6.07) is 0.0686. The monoisotopic (exact) mass is 159 g/mol. The molecule has 1 aliphatic rings. The lowest BCUT2D eigenvalue weighted by atomic mass is 10.1. The summed E-state index contributed by atoms with van der Waals surface area (Å²) >= 11 is 0. The molecular formula is C7H13NO3. The fraction of sp³-hybridized carbons (Fsp3) is 0.857. The normalized spacial score (nSPS) is 30.4. The third kappa shape index (κ3) is 1.91. The molecule has 4 nitrogen and oxygen atoms in total. The van der Waals surface area contributed by atoms with E-state index >= 15 is 0 Å². The summed E-state index contributed by atoms with van der Waals surface area (Å²) in [5, 5.41) is 11.7. The van der Waals surface area contributed by atoms with Gasteiger partial charge in [0.1, 0.15) is 0 Å². The maximum Gasteiger partial charge on any atom is 0.310 e. The Kier molecular flexibility index (Phi) is 2.84. The Bertz CT molecular complexity index is 149. The highest BCUT2D eigenvalue weighted by Crippen LogP contribution is 2.14. The first-order valence-electron chi connectivity index (χ1n) is 3.70. The molecule has 0 saturated carbocycles. The van der Waals surface area contributed by atoms with Crippen molar-refractivity contribution in [3.63, 3.8) is 0 Å². The summed E-state index contributed by atoms with van der Waals surface area (Å²) in [5.74, 6) is -0.259. The minimum Gasteiger partial charge on any atom is -0.469 e. The lowest BCUT2D eigenvalue weighted by Crippen LogP contribution is -2.24. The number of aliphatic hydroxyl groups is 1. The van der Waals surface area contributed by atoms with E-state index in [4.69, 9.17) is 5.11 Å². The van der Waals surface area contributed by atoms with E-state index in [1.54, 1.807) is 0 Å². The Balaban J connectivity index is 2.35. The van der Waals surface area contributed by atoms with Gasteiger partial charge in [-0.25, -0.2) is 0 Å². The summed E-state index contributed by atoms with van der Waals surface area (Å²) in [5.41, 5.74) is 0. The SMILES string of the molecule is COC(=O)C1CN[C@H](CO)C1. The molecule has 0 aromatic rings. The van der Waals surface area contributed by atoms with Crippen molar-refractivity contribution >= 4 is 5.97 Å². The molecule has 1 rings (SSSR count). The zero-order valence-electron chi connectivity index (χ0n) is 6.54. The van der Waals surface area contributed by atoms with Gasteiger partial charge in [0.15, 0.2) is 0 Å². The third-order valence-corrected chi connectivity index (χ3v) is 1.98. The zero-order valence-corrected chi connectivity index (χ0v) is 6.54. The largest absolute Gasteiger partial charge is 0.469 e. The molecule has 0 radical (unpaired) electrons. The second-order valence-corrected chi connectivity index (χ2v) is 2.74. The summed E-state index contributed by atoms with van der Waals surface area (Å²) < 4.78 is 4.57. The van der Waals surface area contributed by atoms with Crippen molar-refractivity contribution in [2.24, 2.45) is 5.92 Å². The first-order chi connectivity index (χ1) is 5.27. The van der Waals surface area contributed by atoms with E-state index in [-0.39, 0.29) is 24.5 Å². The Hall–Kier alpha value is -0.610. The van der Waals surface area contributed by atoms with Gasteiger partial charge in [-0.05, 0) is 6.42 Å². The predicted octanol–water partition coefficient (Wildman–Crippen LogP) is -0.870. The highest BCUT2D eigenvalue weighted by Gasteiger charge is 2.29. The van der Waals surface area contributed by atoms with Gasteiger partial charge in [0, 0.05) is 12.6 Å². The van der Waals surface area contributed by atoms with Gasteiger partial charge in [-0.3, -0.25) is 4.79 Å². The molecule has 2 atom stereocenters. The number of hydrogen-bond acceptors (Lipinski definition) is 4. The average molecular weight is 159 g/mol. The van der Waals surface area contributed by atoms with E-state index in [1.807, 2.05) is 0 Å². The molecule has 1 fully saturated rings. The molecule has 4 heteroatoms. The Morgan fingerprint density at radius 2 is 2.55 bits per heavy atom. The fourth-order valence-electron chi connectivity index (χ4n) is 1.30. The number of aliphatic hydroxyl groups excluding tert-OH is 1. The van der Waals surface area contributed by atoms with Gasteiger partial charge in [-0.1, -0.05) is 0 Å². The number of ether oxygens (including phenoxy) is 1. The lowest BCUT2D eigenvalue weighted by molar-refractivity contribution is -0.144. The fourth-order valence-corrected chi connectivity index (χ4v) is 1.30. The molecule has 0 aromatic carbocycles. The zero-order chi connectivity index (χ0) is 8.27. The van der Waals surface area contributed by atoms with Gasteiger partial charge in [0.25, 0.3) is 0 Å². The van der Waals surface area contributed by atoms with Gasteiger partial charge in [0.2, 0.25) is 0 Å². The van der Waals surface area contributed by atoms with Gasteiger partial charge >= 0.3 is 5.97 Å². The van der Waals surface area contributed by atoms with Crippen LogP contribution in [0.2, 0.25) is 0 Å². The number of carbonyl (C=O) groups excluding carboxylic acids is 1. The molecule has 0 amide bonds. The number of hydrogen-bond donors (Lipinski definition) is 2. The molecule has 11 heavy (non-hydrogen) atoms. The molecule has 0 bridgehead atoms. The van der Waals surface area contributed by atoms with Crippen LogP contribution in [-0.2, 0) is 9.53 Å². The highest BCUT2D eigenvalue weighted by molar-refractivity contribution is 5.73. The molecule has 0 spiro atoms. The van der Waals surface area contributed by atoms with Crippen molar-refractivity contribution in [1.82, 2.24) is 5.32 Å². The molecule has 1 saturated heterocycles. The van der Waals surface area contributed by atoms with E-state index in [1.165, 1.54) is 7.11 Å². The highest BCUT2D eigenvalue weighted by atomic mass is 16.5. The minimum absolute atomic E-state index is 0.0686. The van der Waals surface area contributed by atoms with Crippen molar-refractivity contribution < 1.29 is 14.6 Å². The first-order valence-corrected chi connectivity index (χ1v) is 3.70. The molecule has 0 aromatic heterocycles. The van der Waals surface area contributed by atoms with Crippen LogP contribution < -0.4 is 5.32 Å². The number of methoxy groups -OCH3 is 1. The van der Waals surface area contributed by atoms with Crippen molar-refractivity contribution in [1.29, 1.82) is 0 Å². The molecular weight excluding hydrogens is 146 g/mol. The summed E-state index contributed by atoms with van der Waals surface area (Å²) in [7, 11) is 1.38. The topological polar surface area (TPSA) is 58.6 Å². The number of rotatable bonds is 2. The van der Waals surface area contributed by atoms with Crippen LogP contribution in [0.3, 0.4) is 0 Å². The summed E-state index contributed by atoms with van der Waals surface area (Å²) in [4.78, 5) is 10.9. The van der Waals surface area contributed by atoms with E-state index in [0.29, 0.717) is 13.0 Å². The van der Waals surface area contributed by atoms with Gasteiger partial charge in [-0.2, -0.15) is 0 Å². The predicted molar refractivity (Wildman–Crippen MR) is 39.0 cm³/mol. The van der Waals surface area contributed by atoms with E-state index in [0.717, 1.165) is 0 Å². The maximum atomic E-state index is 10.9. The number of carbonyl (C=O) groups is 1. The van der Waals surface area contributed by atoms with Crippen LogP contribution >= 0.6 is 0 Å². The van der Waals surface area contributed by atoms with Crippen LogP contribution in [0.15, 0.2) is 0 Å². The summed E-state index contributed by atoms with van der Waals surface area (Å²) in [6.07, 6.45) is 0.684. The van der Waals surface area contributed by atoms with Gasteiger partial charge in [0.05, 0.1) is 19.6 Å². The van der Waals surface area contributed by atoms with Crippen molar-refractivity contribution in [3.8, 4) is 0 Å². The minimum atomic E-state index is -0.187. The molecule has 1 unspecified atom stereocenters. The molecule has 2 N–H and O–H groups in total. The molecule has 1 aliphatic heterocycles. The van der Waals surface area contributed by atoms with E-state index in [2.05, 4.69) is 10.1 Å². The lowest BCUT2D eigenvalue weighted by Gasteiger charge is -2.04. The Morgan fingerprint density at radius 1 is 1.82 bits per heavy atom. The standard InChI is InChI=1S/C7H13NO3/c1-11-7(10)5-2-6(4-9)8-3-5/h5-6,8-9H,2-4H2,1H3/t5?,6-/m0/s1. The molecule has 0 aliphatic carbocycles. The van der Waals surface area contributed by atoms with Crippen LogP contribution in [0, 0.1) is 5.92 Å². The van der Waals surface area contributed by atoms with Gasteiger partial charge in [-0.15, -0.1) is 0 Å². The molecule has 1 heterocycles. The van der Waals surface area contributed by atoms with Crippen LogP contribution in [0.4, 0.5) is 0 Å².